The first kappa shape index (κ1) is 14.5. The molecule has 0 aliphatic rings. The Balaban J connectivity index is 2.06. The van der Waals surface area contributed by atoms with Crippen LogP contribution in [0.4, 0.5) is 5.69 Å². The van der Waals surface area contributed by atoms with Crippen LogP contribution in [0.3, 0.4) is 0 Å². The van der Waals surface area contributed by atoms with E-state index >= 15 is 0 Å². The fraction of sp³-hybridized carbons (Fsp3) is 0.353. The summed E-state index contributed by atoms with van der Waals surface area (Å²) in [6.07, 6.45) is 5.65. The van der Waals surface area contributed by atoms with Gasteiger partial charge in [0.25, 0.3) is 0 Å². The first-order valence-electron chi connectivity index (χ1n) is 7.10. The summed E-state index contributed by atoms with van der Waals surface area (Å²) in [5, 5.41) is 0. The average Bonchev–Trinajstić information content (AvgIpc) is 2.46. The highest BCUT2D eigenvalue weighted by atomic mass is 15.1. The number of aryl methyl sites for hydroxylation is 1. The summed E-state index contributed by atoms with van der Waals surface area (Å²) in [5.74, 6) is 0. The SMILES string of the molecule is Cc1ccc(N(C)CCc2ccncc2)c(CCN)c1. The highest BCUT2D eigenvalue weighted by Gasteiger charge is 2.07. The topological polar surface area (TPSA) is 42.2 Å². The van der Waals surface area contributed by atoms with Crippen LogP contribution in [0.25, 0.3) is 0 Å². The molecule has 0 saturated heterocycles. The van der Waals surface area contributed by atoms with Crippen molar-refractivity contribution in [3.8, 4) is 0 Å². The van der Waals surface area contributed by atoms with Crippen molar-refractivity contribution in [2.75, 3.05) is 25.0 Å². The van der Waals surface area contributed by atoms with Gasteiger partial charge in [0.2, 0.25) is 0 Å². The second-order valence-electron chi connectivity index (χ2n) is 5.20. The largest absolute Gasteiger partial charge is 0.374 e. The van der Waals surface area contributed by atoms with Crippen molar-refractivity contribution in [1.29, 1.82) is 0 Å². The lowest BCUT2D eigenvalue weighted by Gasteiger charge is -2.23. The van der Waals surface area contributed by atoms with Crippen molar-refractivity contribution >= 4 is 5.69 Å². The maximum atomic E-state index is 5.72. The Kier molecular flexibility index (Phi) is 5.13. The van der Waals surface area contributed by atoms with Crippen molar-refractivity contribution in [2.24, 2.45) is 5.73 Å². The van der Waals surface area contributed by atoms with Gasteiger partial charge in [-0.25, -0.2) is 0 Å². The average molecular weight is 269 g/mol. The van der Waals surface area contributed by atoms with E-state index in [1.54, 1.807) is 0 Å². The minimum Gasteiger partial charge on any atom is -0.374 e. The number of benzene rings is 1. The molecule has 0 aliphatic carbocycles. The van der Waals surface area contributed by atoms with Crippen molar-refractivity contribution in [1.82, 2.24) is 4.98 Å². The second kappa shape index (κ2) is 7.06. The van der Waals surface area contributed by atoms with Crippen molar-refractivity contribution in [3.63, 3.8) is 0 Å². The van der Waals surface area contributed by atoms with E-state index in [-0.39, 0.29) is 0 Å². The van der Waals surface area contributed by atoms with E-state index in [9.17, 15) is 0 Å². The fourth-order valence-electron chi connectivity index (χ4n) is 2.41. The molecule has 2 aromatic rings. The van der Waals surface area contributed by atoms with Crippen LogP contribution < -0.4 is 10.6 Å². The van der Waals surface area contributed by atoms with E-state index < -0.39 is 0 Å². The molecule has 1 aromatic heterocycles. The number of hydrogen-bond acceptors (Lipinski definition) is 3. The van der Waals surface area contributed by atoms with Crippen LogP contribution in [0.5, 0.6) is 0 Å². The van der Waals surface area contributed by atoms with Crippen molar-refractivity contribution in [2.45, 2.75) is 19.8 Å². The van der Waals surface area contributed by atoms with E-state index in [0.29, 0.717) is 6.54 Å². The lowest BCUT2D eigenvalue weighted by Crippen LogP contribution is -2.22. The summed E-state index contributed by atoms with van der Waals surface area (Å²) in [6.45, 7) is 3.81. The molecule has 0 fully saturated rings. The Morgan fingerprint density at radius 2 is 1.85 bits per heavy atom. The maximum absolute atomic E-state index is 5.72. The molecule has 2 N–H and O–H groups in total. The van der Waals surface area contributed by atoms with Gasteiger partial charge in [0.15, 0.2) is 0 Å². The first-order valence-corrected chi connectivity index (χ1v) is 7.10. The molecule has 2 rings (SSSR count). The van der Waals surface area contributed by atoms with Crippen LogP contribution in [0.2, 0.25) is 0 Å². The summed E-state index contributed by atoms with van der Waals surface area (Å²) >= 11 is 0. The Hall–Kier alpha value is -1.87. The quantitative estimate of drug-likeness (QED) is 0.876. The number of pyridine rings is 1. The molecule has 3 heteroatoms. The van der Waals surface area contributed by atoms with Crippen LogP contribution in [0.15, 0.2) is 42.7 Å². The van der Waals surface area contributed by atoms with E-state index in [1.165, 1.54) is 22.4 Å². The predicted molar refractivity (Wildman–Crippen MR) is 85.1 cm³/mol. The number of likely N-dealkylation sites (N-methyl/N-ethyl adjacent to an activating group) is 1. The Labute approximate surface area is 121 Å². The summed E-state index contributed by atoms with van der Waals surface area (Å²) in [5.41, 5.74) is 11.0. The van der Waals surface area contributed by atoms with Crippen LogP contribution in [-0.2, 0) is 12.8 Å². The van der Waals surface area contributed by atoms with Gasteiger partial charge in [0.1, 0.15) is 0 Å². The zero-order chi connectivity index (χ0) is 14.4. The van der Waals surface area contributed by atoms with Gasteiger partial charge in [-0.3, -0.25) is 4.98 Å². The predicted octanol–water partition coefficient (Wildman–Crippen LogP) is 2.57. The van der Waals surface area contributed by atoms with Crippen LogP contribution in [0.1, 0.15) is 16.7 Å². The Morgan fingerprint density at radius 1 is 1.10 bits per heavy atom. The molecule has 3 nitrogen and oxygen atoms in total. The highest BCUT2D eigenvalue weighted by Crippen LogP contribution is 2.21. The van der Waals surface area contributed by atoms with Gasteiger partial charge in [-0.2, -0.15) is 0 Å². The molecule has 0 unspecified atom stereocenters. The van der Waals surface area contributed by atoms with E-state index in [0.717, 1.165) is 19.4 Å². The van der Waals surface area contributed by atoms with Crippen LogP contribution in [-0.4, -0.2) is 25.1 Å². The van der Waals surface area contributed by atoms with E-state index in [1.807, 2.05) is 12.4 Å². The summed E-state index contributed by atoms with van der Waals surface area (Å²) in [6, 6.07) is 10.8. The third-order valence-electron chi connectivity index (χ3n) is 3.55. The van der Waals surface area contributed by atoms with Gasteiger partial charge < -0.3 is 10.6 Å². The van der Waals surface area contributed by atoms with Gasteiger partial charge in [-0.05, 0) is 55.6 Å². The standard InChI is InChI=1S/C17H23N3/c1-14-3-4-17(16(13-14)5-9-18)20(2)12-8-15-6-10-19-11-7-15/h3-4,6-7,10-11,13H,5,8-9,12,18H2,1-2H3. The molecule has 0 amide bonds. The molecule has 0 atom stereocenters. The molecule has 0 bridgehead atoms. The molecule has 1 heterocycles. The highest BCUT2D eigenvalue weighted by molar-refractivity contribution is 5.54. The Bertz CT molecular complexity index is 537. The van der Waals surface area contributed by atoms with Gasteiger partial charge in [0.05, 0.1) is 0 Å². The number of aromatic nitrogens is 1. The summed E-state index contributed by atoms with van der Waals surface area (Å²) in [4.78, 5) is 6.36. The minimum atomic E-state index is 0.689. The molecule has 0 spiro atoms. The smallest absolute Gasteiger partial charge is 0.0396 e. The first-order chi connectivity index (χ1) is 9.70. The number of rotatable bonds is 6. The van der Waals surface area contributed by atoms with Crippen molar-refractivity contribution < 1.29 is 0 Å². The number of hydrogen-bond donors (Lipinski definition) is 1. The second-order valence-corrected chi connectivity index (χ2v) is 5.20. The van der Waals surface area contributed by atoms with E-state index in [4.69, 9.17) is 5.73 Å². The van der Waals surface area contributed by atoms with Gasteiger partial charge in [-0.15, -0.1) is 0 Å². The number of nitrogens with zero attached hydrogens (tertiary/aromatic N) is 2. The Morgan fingerprint density at radius 3 is 2.55 bits per heavy atom. The van der Waals surface area contributed by atoms with Crippen LogP contribution in [0, 0.1) is 6.92 Å². The van der Waals surface area contributed by atoms with Crippen molar-refractivity contribution in [3.05, 3.63) is 59.4 Å². The summed E-state index contributed by atoms with van der Waals surface area (Å²) in [7, 11) is 2.14. The maximum Gasteiger partial charge on any atom is 0.0396 e. The zero-order valence-corrected chi connectivity index (χ0v) is 12.3. The molecular formula is C17H23N3. The lowest BCUT2D eigenvalue weighted by atomic mass is 10.0. The molecule has 0 aliphatic heterocycles. The van der Waals surface area contributed by atoms with Gasteiger partial charge >= 0.3 is 0 Å². The third kappa shape index (κ3) is 3.81. The molecule has 106 valence electrons. The molecule has 1 aromatic carbocycles. The molecule has 0 radical (unpaired) electrons. The van der Waals surface area contributed by atoms with Gasteiger partial charge in [-0.1, -0.05) is 17.7 Å². The monoisotopic (exact) mass is 269 g/mol. The summed E-state index contributed by atoms with van der Waals surface area (Å²) < 4.78 is 0. The zero-order valence-electron chi connectivity index (χ0n) is 12.3. The molecular weight excluding hydrogens is 246 g/mol. The normalized spacial score (nSPS) is 10.6. The molecule has 20 heavy (non-hydrogen) atoms. The van der Waals surface area contributed by atoms with Crippen LogP contribution >= 0.6 is 0 Å². The minimum absolute atomic E-state index is 0.689. The number of anilines is 1. The van der Waals surface area contributed by atoms with Gasteiger partial charge in [0, 0.05) is 31.7 Å². The third-order valence-corrected chi connectivity index (χ3v) is 3.55. The fourth-order valence-corrected chi connectivity index (χ4v) is 2.41. The van der Waals surface area contributed by atoms with E-state index in [2.05, 4.69) is 54.2 Å². The lowest BCUT2D eigenvalue weighted by molar-refractivity contribution is 0.859. The molecule has 0 saturated carbocycles. The number of nitrogens with two attached hydrogens (primary N) is 1.